The van der Waals surface area contributed by atoms with Crippen LogP contribution >= 0.6 is 0 Å². The van der Waals surface area contributed by atoms with Crippen LogP contribution in [0.4, 0.5) is 0 Å². The average Bonchev–Trinajstić information content (AvgIpc) is 2.82. The highest BCUT2D eigenvalue weighted by atomic mass is 16.6. The average molecular weight is 439 g/mol. The molecule has 0 N–H and O–H groups in total. The summed E-state index contributed by atoms with van der Waals surface area (Å²) in [5.74, 6) is 0.398. The van der Waals surface area contributed by atoms with E-state index in [4.69, 9.17) is 18.9 Å². The molecule has 0 bridgehead atoms. The predicted molar refractivity (Wildman–Crippen MR) is 124 cm³/mol. The zero-order valence-corrected chi connectivity index (χ0v) is 18.9. The lowest BCUT2D eigenvalue weighted by atomic mass is 9.96. The van der Waals surface area contributed by atoms with E-state index in [2.05, 4.69) is 6.92 Å². The first kappa shape index (κ1) is 23.4. The van der Waals surface area contributed by atoms with E-state index in [-0.39, 0.29) is 13.2 Å². The highest BCUT2D eigenvalue weighted by molar-refractivity contribution is 6.12. The minimum Gasteiger partial charge on any atom is -0.481 e. The number of hydrogen-bond acceptors (Lipinski definition) is 6. The van der Waals surface area contributed by atoms with Gasteiger partial charge in [0.2, 0.25) is 0 Å². The van der Waals surface area contributed by atoms with Gasteiger partial charge in [-0.25, -0.2) is 9.59 Å². The van der Waals surface area contributed by atoms with E-state index in [0.29, 0.717) is 24.7 Å². The highest BCUT2D eigenvalue weighted by Gasteiger charge is 2.20. The van der Waals surface area contributed by atoms with Crippen molar-refractivity contribution >= 4 is 33.5 Å². The first-order valence-electron chi connectivity index (χ1n) is 11.1. The minimum atomic E-state index is -0.408. The van der Waals surface area contributed by atoms with Crippen molar-refractivity contribution in [3.8, 4) is 11.5 Å². The van der Waals surface area contributed by atoms with E-state index in [0.717, 1.165) is 46.4 Å². The summed E-state index contributed by atoms with van der Waals surface area (Å²) in [5, 5.41) is 3.30. The third-order valence-electron chi connectivity index (χ3n) is 5.02. The summed E-state index contributed by atoms with van der Waals surface area (Å²) in [7, 11) is 0. The zero-order valence-electron chi connectivity index (χ0n) is 18.9. The molecule has 0 spiro atoms. The van der Waals surface area contributed by atoms with Gasteiger partial charge in [0.15, 0.2) is 13.2 Å². The molecule has 0 unspecified atom stereocenters. The first-order valence-corrected chi connectivity index (χ1v) is 11.1. The number of esters is 2. The number of fused-ring (bicyclic) bond motifs is 2. The molecule has 0 saturated heterocycles. The van der Waals surface area contributed by atoms with E-state index in [9.17, 15) is 9.59 Å². The summed E-state index contributed by atoms with van der Waals surface area (Å²) in [6.07, 6.45) is 2.28. The molecule has 0 aliphatic rings. The van der Waals surface area contributed by atoms with Crippen LogP contribution in [-0.2, 0) is 25.5 Å². The third-order valence-corrected chi connectivity index (χ3v) is 5.02. The van der Waals surface area contributed by atoms with Gasteiger partial charge in [0, 0.05) is 21.5 Å². The Morgan fingerprint density at radius 1 is 0.688 bits per heavy atom. The van der Waals surface area contributed by atoms with Gasteiger partial charge >= 0.3 is 11.9 Å². The summed E-state index contributed by atoms with van der Waals surface area (Å²) >= 11 is 0. The Balaban J connectivity index is 2.08. The lowest BCUT2D eigenvalue weighted by Crippen LogP contribution is -2.16. The van der Waals surface area contributed by atoms with Gasteiger partial charge in [0.1, 0.15) is 11.5 Å². The van der Waals surface area contributed by atoms with Crippen LogP contribution < -0.4 is 9.47 Å². The Hall–Kier alpha value is -3.28. The summed E-state index contributed by atoms with van der Waals surface area (Å²) in [5.41, 5.74) is 1.06. The van der Waals surface area contributed by atoms with Gasteiger partial charge in [-0.2, -0.15) is 0 Å². The van der Waals surface area contributed by atoms with Crippen molar-refractivity contribution in [1.82, 2.24) is 0 Å². The second-order valence-electron chi connectivity index (χ2n) is 7.42. The van der Waals surface area contributed by atoms with Gasteiger partial charge in [0.05, 0.1) is 13.2 Å². The van der Waals surface area contributed by atoms with Gasteiger partial charge in [-0.3, -0.25) is 0 Å². The minimum absolute atomic E-state index is 0.180. The van der Waals surface area contributed by atoms with E-state index >= 15 is 0 Å². The summed E-state index contributed by atoms with van der Waals surface area (Å²) in [6, 6.07) is 13.6. The van der Waals surface area contributed by atoms with Crippen molar-refractivity contribution < 1.29 is 28.5 Å². The zero-order chi connectivity index (χ0) is 22.9. The molecule has 0 aliphatic carbocycles. The van der Waals surface area contributed by atoms with Crippen molar-refractivity contribution in [1.29, 1.82) is 0 Å². The highest BCUT2D eigenvalue weighted by Crippen LogP contribution is 2.44. The fourth-order valence-corrected chi connectivity index (χ4v) is 3.59. The van der Waals surface area contributed by atoms with E-state index in [1.165, 1.54) is 0 Å². The molecule has 170 valence electrons. The second-order valence-corrected chi connectivity index (χ2v) is 7.42. The topological polar surface area (TPSA) is 71.1 Å². The van der Waals surface area contributed by atoms with Crippen LogP contribution in [0.5, 0.6) is 11.5 Å². The molecule has 6 heteroatoms. The van der Waals surface area contributed by atoms with Crippen molar-refractivity contribution in [3.63, 3.8) is 0 Å². The first-order chi connectivity index (χ1) is 15.6. The van der Waals surface area contributed by atoms with E-state index in [1.54, 1.807) is 0 Å². The standard InChI is InChI=1S/C26H30O6/c1-4-14-29-22(27)16-31-25-19-11-7-8-12-20(19)26(32-17-23(28)30-15-5-2)24-18(6-3)10-9-13-21(24)25/h7-13H,4-6,14-17H2,1-3H3. The Morgan fingerprint density at radius 3 is 1.78 bits per heavy atom. The number of rotatable bonds is 11. The van der Waals surface area contributed by atoms with Crippen molar-refractivity contribution in [2.24, 2.45) is 0 Å². The maximum atomic E-state index is 12.1. The van der Waals surface area contributed by atoms with Crippen LogP contribution in [0, 0.1) is 0 Å². The SMILES string of the molecule is CCCOC(=O)COc1c2ccccc2c(OCC(=O)OCCC)c2c(CC)cccc12. The Kier molecular flexibility index (Phi) is 8.31. The second kappa shape index (κ2) is 11.4. The van der Waals surface area contributed by atoms with Crippen molar-refractivity contribution in [2.75, 3.05) is 26.4 Å². The fourth-order valence-electron chi connectivity index (χ4n) is 3.59. The number of benzene rings is 3. The molecule has 3 rings (SSSR count). The molecule has 0 aromatic heterocycles. The van der Waals surface area contributed by atoms with Gasteiger partial charge in [-0.15, -0.1) is 0 Å². The maximum absolute atomic E-state index is 12.1. The van der Waals surface area contributed by atoms with Crippen LogP contribution in [-0.4, -0.2) is 38.4 Å². The fraction of sp³-hybridized carbons (Fsp3) is 0.385. The molecule has 0 aliphatic heterocycles. The normalized spacial score (nSPS) is 10.8. The Morgan fingerprint density at radius 2 is 1.22 bits per heavy atom. The van der Waals surface area contributed by atoms with Crippen LogP contribution in [0.3, 0.4) is 0 Å². The van der Waals surface area contributed by atoms with E-state index < -0.39 is 11.9 Å². The number of aryl methyl sites for hydroxylation is 1. The number of ether oxygens (including phenoxy) is 4. The van der Waals surface area contributed by atoms with Crippen molar-refractivity contribution in [3.05, 3.63) is 48.0 Å². The van der Waals surface area contributed by atoms with Crippen LogP contribution in [0.1, 0.15) is 39.2 Å². The van der Waals surface area contributed by atoms with Gasteiger partial charge in [-0.05, 0) is 24.8 Å². The van der Waals surface area contributed by atoms with Gasteiger partial charge in [0.25, 0.3) is 0 Å². The van der Waals surface area contributed by atoms with Crippen LogP contribution in [0.2, 0.25) is 0 Å². The van der Waals surface area contributed by atoms with Crippen LogP contribution in [0.25, 0.3) is 21.5 Å². The molecule has 3 aromatic rings. The smallest absolute Gasteiger partial charge is 0.344 e. The molecular formula is C26H30O6. The molecule has 0 fully saturated rings. The van der Waals surface area contributed by atoms with Crippen molar-refractivity contribution in [2.45, 2.75) is 40.0 Å². The number of carbonyl (C=O) groups excluding carboxylic acids is 2. The molecule has 0 heterocycles. The lowest BCUT2D eigenvalue weighted by molar-refractivity contribution is -0.146. The maximum Gasteiger partial charge on any atom is 0.344 e. The van der Waals surface area contributed by atoms with E-state index in [1.807, 2.05) is 56.3 Å². The predicted octanol–water partition coefficient (Wildman–Crippen LogP) is 5.22. The summed E-state index contributed by atoms with van der Waals surface area (Å²) in [6.45, 7) is 6.32. The number of carbonyl (C=O) groups is 2. The molecule has 3 aromatic carbocycles. The van der Waals surface area contributed by atoms with Gasteiger partial charge < -0.3 is 18.9 Å². The molecule has 0 radical (unpaired) electrons. The monoisotopic (exact) mass is 438 g/mol. The molecule has 0 saturated carbocycles. The molecule has 32 heavy (non-hydrogen) atoms. The third kappa shape index (κ3) is 5.31. The lowest BCUT2D eigenvalue weighted by Gasteiger charge is -2.19. The quantitative estimate of drug-likeness (QED) is 0.302. The Labute approximate surface area is 188 Å². The molecule has 0 amide bonds. The molecule has 0 atom stereocenters. The summed E-state index contributed by atoms with van der Waals surface area (Å²) in [4.78, 5) is 24.2. The molecular weight excluding hydrogens is 408 g/mol. The molecule has 6 nitrogen and oxygen atoms in total. The largest absolute Gasteiger partial charge is 0.481 e. The van der Waals surface area contributed by atoms with Gasteiger partial charge in [-0.1, -0.05) is 63.2 Å². The summed E-state index contributed by atoms with van der Waals surface area (Å²) < 4.78 is 22.4. The number of hydrogen-bond donors (Lipinski definition) is 0. The van der Waals surface area contributed by atoms with Crippen LogP contribution in [0.15, 0.2) is 42.5 Å². The Bertz CT molecular complexity index is 1090.